The van der Waals surface area contributed by atoms with Crippen LogP contribution in [-0.4, -0.2) is 6.03 Å². The first kappa shape index (κ1) is 13.2. The molecule has 0 aliphatic rings. The number of para-hydroxylation sites is 1. The molecule has 0 bridgehead atoms. The number of carbonyl (C=O) groups is 1. The van der Waals surface area contributed by atoms with Gasteiger partial charge in [0.2, 0.25) is 0 Å². The molecule has 0 saturated heterocycles. The maximum atomic E-state index is 11.8. The minimum Gasteiger partial charge on any atom is -0.308 e. The summed E-state index contributed by atoms with van der Waals surface area (Å²) in [5.41, 5.74) is 1.48. The summed E-state index contributed by atoms with van der Waals surface area (Å²) in [4.78, 5) is 11.8. The summed E-state index contributed by atoms with van der Waals surface area (Å²) in [7, 11) is 0. The molecular formula is C13H10ClIN2O. The third-order valence-electron chi connectivity index (χ3n) is 2.21. The fraction of sp³-hybridized carbons (Fsp3) is 0. The zero-order valence-electron chi connectivity index (χ0n) is 9.28. The summed E-state index contributed by atoms with van der Waals surface area (Å²) in [5.74, 6) is 0. The van der Waals surface area contributed by atoms with E-state index in [-0.39, 0.29) is 6.03 Å². The third kappa shape index (κ3) is 3.61. The quantitative estimate of drug-likeness (QED) is 0.744. The zero-order valence-corrected chi connectivity index (χ0v) is 12.2. The van der Waals surface area contributed by atoms with E-state index in [1.165, 1.54) is 0 Å². The van der Waals surface area contributed by atoms with Crippen LogP contribution in [0.25, 0.3) is 0 Å². The number of rotatable bonds is 2. The van der Waals surface area contributed by atoms with Crippen molar-refractivity contribution in [1.82, 2.24) is 0 Å². The highest BCUT2D eigenvalue weighted by molar-refractivity contribution is 14.1. The Bertz CT molecular complexity index is 560. The second kappa shape index (κ2) is 6.06. The predicted octanol–water partition coefficient (Wildman–Crippen LogP) is 4.59. The highest BCUT2D eigenvalue weighted by Gasteiger charge is 2.05. The Morgan fingerprint density at radius 2 is 1.78 bits per heavy atom. The van der Waals surface area contributed by atoms with E-state index in [2.05, 4.69) is 33.2 Å². The average Bonchev–Trinajstić information content (AvgIpc) is 2.34. The van der Waals surface area contributed by atoms with Crippen LogP contribution < -0.4 is 10.6 Å². The molecule has 2 rings (SSSR count). The number of benzene rings is 2. The molecular weight excluding hydrogens is 363 g/mol. The molecule has 2 aromatic carbocycles. The Morgan fingerprint density at radius 1 is 1.06 bits per heavy atom. The van der Waals surface area contributed by atoms with Crippen LogP contribution in [0, 0.1) is 3.57 Å². The molecule has 2 aromatic rings. The van der Waals surface area contributed by atoms with Gasteiger partial charge in [-0.3, -0.25) is 0 Å². The number of halogens is 2. The molecule has 3 nitrogen and oxygen atoms in total. The zero-order chi connectivity index (χ0) is 13.0. The molecule has 2 N–H and O–H groups in total. The van der Waals surface area contributed by atoms with Crippen LogP contribution in [0.4, 0.5) is 16.2 Å². The normalized spacial score (nSPS) is 9.89. The molecule has 18 heavy (non-hydrogen) atoms. The van der Waals surface area contributed by atoms with Gasteiger partial charge in [0.15, 0.2) is 0 Å². The summed E-state index contributed by atoms with van der Waals surface area (Å²) in [6, 6.07) is 14.3. The number of urea groups is 1. The molecule has 0 aliphatic carbocycles. The average molecular weight is 373 g/mol. The maximum absolute atomic E-state index is 11.8. The number of nitrogens with one attached hydrogen (secondary N) is 2. The molecule has 2 amide bonds. The van der Waals surface area contributed by atoms with Gasteiger partial charge < -0.3 is 10.6 Å². The Balaban J connectivity index is 2.03. The van der Waals surface area contributed by atoms with Crippen LogP contribution in [0.3, 0.4) is 0 Å². The van der Waals surface area contributed by atoms with Crippen molar-refractivity contribution in [3.05, 3.63) is 57.1 Å². The molecule has 0 saturated carbocycles. The van der Waals surface area contributed by atoms with Crippen LogP contribution in [0.2, 0.25) is 5.02 Å². The SMILES string of the molecule is O=C(Nc1ccccc1)Nc1ccc(Cl)cc1I. The fourth-order valence-electron chi connectivity index (χ4n) is 1.40. The van der Waals surface area contributed by atoms with Crippen molar-refractivity contribution in [2.75, 3.05) is 10.6 Å². The van der Waals surface area contributed by atoms with Gasteiger partial charge in [0, 0.05) is 14.3 Å². The van der Waals surface area contributed by atoms with E-state index in [4.69, 9.17) is 11.6 Å². The topological polar surface area (TPSA) is 41.1 Å². The Morgan fingerprint density at radius 3 is 2.44 bits per heavy atom. The monoisotopic (exact) mass is 372 g/mol. The summed E-state index contributed by atoms with van der Waals surface area (Å²) >= 11 is 7.97. The molecule has 0 atom stereocenters. The minimum absolute atomic E-state index is 0.276. The molecule has 0 spiro atoms. The first-order chi connectivity index (χ1) is 8.65. The maximum Gasteiger partial charge on any atom is 0.323 e. The van der Waals surface area contributed by atoms with Crippen molar-refractivity contribution in [3.63, 3.8) is 0 Å². The first-order valence-corrected chi connectivity index (χ1v) is 6.69. The van der Waals surface area contributed by atoms with Gasteiger partial charge in [-0.05, 0) is 52.9 Å². The van der Waals surface area contributed by atoms with Gasteiger partial charge in [-0.25, -0.2) is 4.79 Å². The largest absolute Gasteiger partial charge is 0.323 e. The molecule has 0 radical (unpaired) electrons. The number of anilines is 2. The summed E-state index contributed by atoms with van der Waals surface area (Å²) in [6.07, 6.45) is 0. The highest BCUT2D eigenvalue weighted by Crippen LogP contribution is 2.22. The second-order valence-corrected chi connectivity index (χ2v) is 5.17. The van der Waals surface area contributed by atoms with Crippen molar-refractivity contribution in [1.29, 1.82) is 0 Å². The number of amides is 2. The molecule has 0 fully saturated rings. The van der Waals surface area contributed by atoms with Gasteiger partial charge in [0.05, 0.1) is 5.69 Å². The summed E-state index contributed by atoms with van der Waals surface area (Å²) in [6.45, 7) is 0. The van der Waals surface area contributed by atoms with Crippen LogP contribution >= 0.6 is 34.2 Å². The molecule has 0 aromatic heterocycles. The van der Waals surface area contributed by atoms with Gasteiger partial charge in [0.25, 0.3) is 0 Å². The van der Waals surface area contributed by atoms with Gasteiger partial charge in [-0.15, -0.1) is 0 Å². The number of hydrogen-bond donors (Lipinski definition) is 2. The van der Waals surface area contributed by atoms with Gasteiger partial charge in [-0.2, -0.15) is 0 Å². The van der Waals surface area contributed by atoms with E-state index < -0.39 is 0 Å². The van der Waals surface area contributed by atoms with Crippen LogP contribution in [-0.2, 0) is 0 Å². The molecule has 0 aliphatic heterocycles. The summed E-state index contributed by atoms with van der Waals surface area (Å²) < 4.78 is 0.892. The standard InChI is InChI=1S/C13H10ClIN2O/c14-9-6-7-12(11(15)8-9)17-13(18)16-10-4-2-1-3-5-10/h1-8H,(H2,16,17,18). The van der Waals surface area contributed by atoms with E-state index >= 15 is 0 Å². The van der Waals surface area contributed by atoms with Gasteiger partial charge in [-0.1, -0.05) is 29.8 Å². The molecule has 5 heteroatoms. The van der Waals surface area contributed by atoms with E-state index in [9.17, 15) is 4.79 Å². The lowest BCUT2D eigenvalue weighted by Gasteiger charge is -2.09. The van der Waals surface area contributed by atoms with Crippen molar-refractivity contribution in [2.45, 2.75) is 0 Å². The van der Waals surface area contributed by atoms with Crippen molar-refractivity contribution in [3.8, 4) is 0 Å². The Labute approximate surface area is 124 Å². The lowest BCUT2D eigenvalue weighted by Crippen LogP contribution is -2.19. The minimum atomic E-state index is -0.276. The van der Waals surface area contributed by atoms with Crippen molar-refractivity contribution in [2.24, 2.45) is 0 Å². The first-order valence-electron chi connectivity index (χ1n) is 5.23. The van der Waals surface area contributed by atoms with Crippen LogP contribution in [0.5, 0.6) is 0 Å². The van der Waals surface area contributed by atoms with Crippen LogP contribution in [0.1, 0.15) is 0 Å². The lowest BCUT2D eigenvalue weighted by molar-refractivity contribution is 0.262. The van der Waals surface area contributed by atoms with Crippen LogP contribution in [0.15, 0.2) is 48.5 Å². The van der Waals surface area contributed by atoms with Crippen molar-refractivity contribution >= 4 is 51.6 Å². The molecule has 0 heterocycles. The van der Waals surface area contributed by atoms with E-state index in [0.717, 1.165) is 14.9 Å². The third-order valence-corrected chi connectivity index (χ3v) is 3.34. The van der Waals surface area contributed by atoms with Gasteiger partial charge in [0.1, 0.15) is 0 Å². The van der Waals surface area contributed by atoms with E-state index in [1.807, 2.05) is 30.3 Å². The summed E-state index contributed by atoms with van der Waals surface area (Å²) in [5, 5.41) is 6.16. The fourth-order valence-corrected chi connectivity index (χ4v) is 2.40. The van der Waals surface area contributed by atoms with Gasteiger partial charge >= 0.3 is 6.03 Å². The molecule has 92 valence electrons. The highest BCUT2D eigenvalue weighted by atomic mass is 127. The molecule has 0 unspecified atom stereocenters. The second-order valence-electron chi connectivity index (χ2n) is 3.57. The lowest BCUT2D eigenvalue weighted by atomic mass is 10.3. The number of carbonyl (C=O) groups excluding carboxylic acids is 1. The number of hydrogen-bond acceptors (Lipinski definition) is 1. The predicted molar refractivity (Wildman–Crippen MR) is 83.3 cm³/mol. The van der Waals surface area contributed by atoms with Crippen molar-refractivity contribution < 1.29 is 4.79 Å². The van der Waals surface area contributed by atoms with E-state index in [1.54, 1.807) is 18.2 Å². The Hall–Kier alpha value is -1.27. The van der Waals surface area contributed by atoms with E-state index in [0.29, 0.717) is 5.02 Å². The Kier molecular flexibility index (Phi) is 4.43. The smallest absolute Gasteiger partial charge is 0.308 e.